The Kier molecular flexibility index (Phi) is 8.36. The highest BCUT2D eigenvalue weighted by atomic mass is 35.5. The van der Waals surface area contributed by atoms with Crippen molar-refractivity contribution >= 4 is 60.8 Å². The highest BCUT2D eigenvalue weighted by molar-refractivity contribution is 7.23. The number of thiophene rings is 1. The predicted molar refractivity (Wildman–Crippen MR) is 199 cm³/mol. The Hall–Kier alpha value is -4.06. The Morgan fingerprint density at radius 2 is 1.98 bits per heavy atom. The Morgan fingerprint density at radius 3 is 2.75 bits per heavy atom. The van der Waals surface area contributed by atoms with Crippen LogP contribution in [0.2, 0.25) is 5.02 Å². The van der Waals surface area contributed by atoms with Gasteiger partial charge in [-0.25, -0.2) is 18.0 Å². The quantitative estimate of drug-likeness (QED) is 0.217. The van der Waals surface area contributed by atoms with Gasteiger partial charge >= 0.3 is 12.0 Å². The molecule has 2 N–H and O–H groups in total. The third kappa shape index (κ3) is 5.72. The summed E-state index contributed by atoms with van der Waals surface area (Å²) in [7, 11) is 1.88. The number of hydrogen-bond acceptors (Lipinski definition) is 9. The van der Waals surface area contributed by atoms with Gasteiger partial charge in [0.2, 0.25) is 0 Å². The van der Waals surface area contributed by atoms with Crippen LogP contribution < -0.4 is 15.4 Å². The van der Waals surface area contributed by atoms with Gasteiger partial charge in [-0.2, -0.15) is 15.2 Å². The SMILES string of the molecule is CN(C(=O)N1CC2(CCCCN(c3nc(OC[C@@]45CCCN4C[C@H](F)C5)nc4c(F)c(-c5ccc(F)c6sc(N)c(C#N)c56)c(Cl)cc34)C2)C1)C1CC1. The van der Waals surface area contributed by atoms with Crippen molar-refractivity contribution in [1.29, 1.82) is 5.26 Å². The number of urea groups is 1. The van der Waals surface area contributed by atoms with E-state index in [-0.39, 0.29) is 66.4 Å². The number of nitrogens with two attached hydrogens (primary N) is 1. The number of hydrogen-bond donors (Lipinski definition) is 1. The Labute approximate surface area is 314 Å². The first-order valence-electron chi connectivity index (χ1n) is 18.4. The molecule has 4 aromatic rings. The van der Waals surface area contributed by atoms with Gasteiger partial charge < -0.3 is 25.2 Å². The lowest BCUT2D eigenvalue weighted by atomic mass is 9.76. The minimum atomic E-state index is -0.947. The van der Waals surface area contributed by atoms with Crippen molar-refractivity contribution in [2.45, 2.75) is 69.1 Å². The Bertz CT molecular complexity index is 2200. The zero-order valence-electron chi connectivity index (χ0n) is 29.4. The first-order chi connectivity index (χ1) is 25.5. The Balaban J connectivity index is 1.14. The Morgan fingerprint density at radius 1 is 1.17 bits per heavy atom. The summed E-state index contributed by atoms with van der Waals surface area (Å²) in [5.41, 5.74) is 5.69. The lowest BCUT2D eigenvalue weighted by Crippen LogP contribution is -2.64. The van der Waals surface area contributed by atoms with E-state index in [1.807, 2.05) is 22.9 Å². The fourth-order valence-electron chi connectivity index (χ4n) is 9.41. The summed E-state index contributed by atoms with van der Waals surface area (Å²) in [5.74, 6) is -0.871. The number of nitrogens with zero attached hydrogens (tertiary/aromatic N) is 7. The molecule has 2 aromatic heterocycles. The number of alkyl halides is 1. The fourth-order valence-corrected chi connectivity index (χ4v) is 10.7. The maximum Gasteiger partial charge on any atom is 0.320 e. The predicted octanol–water partition coefficient (Wildman–Crippen LogP) is 7.36. The first-order valence-corrected chi connectivity index (χ1v) is 19.6. The van der Waals surface area contributed by atoms with Gasteiger partial charge in [0.15, 0.2) is 5.82 Å². The van der Waals surface area contributed by atoms with Gasteiger partial charge in [-0.3, -0.25) is 4.90 Å². The molecule has 6 heterocycles. The molecule has 5 fully saturated rings. The molecule has 53 heavy (non-hydrogen) atoms. The molecule has 1 aliphatic carbocycles. The second-order valence-electron chi connectivity index (χ2n) is 15.7. The second kappa shape index (κ2) is 12.8. The number of nitrogen functional groups attached to an aromatic ring is 1. The molecule has 15 heteroatoms. The highest BCUT2D eigenvalue weighted by Gasteiger charge is 2.50. The third-order valence-electron chi connectivity index (χ3n) is 12.2. The van der Waals surface area contributed by atoms with E-state index in [2.05, 4.69) is 14.8 Å². The molecule has 4 aliphatic heterocycles. The summed E-state index contributed by atoms with van der Waals surface area (Å²) in [5, 5.41) is 10.7. The summed E-state index contributed by atoms with van der Waals surface area (Å²) in [6, 6.07) is 6.66. The molecule has 9 rings (SSSR count). The van der Waals surface area contributed by atoms with E-state index in [0.717, 1.165) is 62.8 Å². The molecule has 1 spiro atoms. The standard InChI is InChI=1S/C38H40ClF3N8O2S/c1-47(22-5-6-22)36(51)49-18-37(19-49)9-2-3-11-48(17-37)34-24-13-26(39)29(23-7-8-27(41)32-28(23)25(15-43)33(44)53-32)30(42)31(24)45-35(46-34)52-20-38-10-4-12-50(38)16-21(40)14-38/h7-8,13,21-22H,2-6,9-12,14,16-20,44H2,1H3/t21-,38+/m1/s1. The number of fused-ring (bicyclic) bond motifs is 3. The number of carbonyl (C=O) groups is 1. The van der Waals surface area contributed by atoms with E-state index < -0.39 is 23.3 Å². The topological polar surface area (TPSA) is 115 Å². The van der Waals surface area contributed by atoms with Crippen LogP contribution in [-0.4, -0.2) is 101 Å². The van der Waals surface area contributed by atoms with Crippen molar-refractivity contribution < 1.29 is 22.7 Å². The maximum atomic E-state index is 17.3. The van der Waals surface area contributed by atoms with Crippen LogP contribution in [0.5, 0.6) is 6.01 Å². The molecule has 1 saturated carbocycles. The molecule has 2 aromatic carbocycles. The van der Waals surface area contributed by atoms with Crippen molar-refractivity contribution in [3.8, 4) is 23.2 Å². The van der Waals surface area contributed by atoms with Crippen LogP contribution in [0.15, 0.2) is 18.2 Å². The smallest absolute Gasteiger partial charge is 0.320 e. The molecule has 10 nitrogen and oxygen atoms in total. The number of rotatable bonds is 6. The fraction of sp³-hybridized carbons (Fsp3) is 0.526. The molecule has 4 saturated heterocycles. The number of anilines is 2. The summed E-state index contributed by atoms with van der Waals surface area (Å²) in [4.78, 5) is 30.8. The van der Waals surface area contributed by atoms with Crippen LogP contribution in [0.25, 0.3) is 32.1 Å². The normalized spacial score (nSPS) is 24.0. The molecule has 2 atom stereocenters. The average molecular weight is 765 g/mol. The number of benzene rings is 2. The lowest BCUT2D eigenvalue weighted by Gasteiger charge is -2.52. The van der Waals surface area contributed by atoms with Gasteiger partial charge in [0.05, 0.1) is 20.8 Å². The van der Waals surface area contributed by atoms with Crippen LogP contribution in [0.3, 0.4) is 0 Å². The molecule has 0 unspecified atom stereocenters. The van der Waals surface area contributed by atoms with Crippen LogP contribution >= 0.6 is 22.9 Å². The van der Waals surface area contributed by atoms with Crippen molar-refractivity contribution in [2.24, 2.45) is 5.41 Å². The number of halogens is 4. The van der Waals surface area contributed by atoms with Crippen LogP contribution in [0, 0.1) is 28.4 Å². The summed E-state index contributed by atoms with van der Waals surface area (Å²) < 4.78 is 53.4. The molecule has 2 amide bonds. The molecular weight excluding hydrogens is 725 g/mol. The van der Waals surface area contributed by atoms with E-state index in [0.29, 0.717) is 56.4 Å². The van der Waals surface area contributed by atoms with Crippen molar-refractivity contribution in [1.82, 2.24) is 24.7 Å². The zero-order chi connectivity index (χ0) is 36.8. The number of likely N-dealkylation sites (tertiary alicyclic amines) is 1. The van der Waals surface area contributed by atoms with Gasteiger partial charge in [0, 0.05) is 74.0 Å². The second-order valence-corrected chi connectivity index (χ2v) is 17.2. The van der Waals surface area contributed by atoms with Gasteiger partial charge in [-0.1, -0.05) is 24.1 Å². The van der Waals surface area contributed by atoms with Crippen LogP contribution in [0.4, 0.5) is 28.8 Å². The summed E-state index contributed by atoms with van der Waals surface area (Å²) in [6.07, 6.45) is 6.00. The maximum absolute atomic E-state index is 17.3. The largest absolute Gasteiger partial charge is 0.461 e. The van der Waals surface area contributed by atoms with Crippen molar-refractivity contribution in [3.05, 3.63) is 40.4 Å². The number of aromatic nitrogens is 2. The van der Waals surface area contributed by atoms with Crippen LogP contribution in [0.1, 0.15) is 56.9 Å². The van der Waals surface area contributed by atoms with Crippen molar-refractivity contribution in [2.75, 3.05) is 63.6 Å². The number of nitriles is 1. The van der Waals surface area contributed by atoms with Gasteiger partial charge in [-0.05, 0) is 62.8 Å². The molecule has 5 aliphatic rings. The monoisotopic (exact) mass is 764 g/mol. The number of ether oxygens (including phenoxy) is 1. The first kappa shape index (κ1) is 34.7. The van der Waals surface area contributed by atoms with E-state index in [1.165, 1.54) is 12.1 Å². The highest BCUT2D eigenvalue weighted by Crippen LogP contribution is 2.47. The molecule has 0 bridgehead atoms. The molecular formula is C38H40ClF3N8O2S. The van der Waals surface area contributed by atoms with E-state index in [9.17, 15) is 14.4 Å². The lowest BCUT2D eigenvalue weighted by molar-refractivity contribution is 0.0193. The minimum Gasteiger partial charge on any atom is -0.461 e. The number of carbonyl (C=O) groups excluding carboxylic acids is 1. The van der Waals surface area contributed by atoms with E-state index in [4.69, 9.17) is 27.1 Å². The summed E-state index contributed by atoms with van der Waals surface area (Å²) >= 11 is 7.88. The van der Waals surface area contributed by atoms with Crippen LogP contribution in [-0.2, 0) is 0 Å². The average Bonchev–Trinajstić information content (AvgIpc) is 3.78. The molecule has 0 radical (unpaired) electrons. The number of amides is 2. The van der Waals surface area contributed by atoms with Gasteiger partial charge in [-0.15, -0.1) is 11.3 Å². The van der Waals surface area contributed by atoms with Gasteiger partial charge in [0.25, 0.3) is 0 Å². The minimum absolute atomic E-state index is 0.0280. The summed E-state index contributed by atoms with van der Waals surface area (Å²) in [6.45, 7) is 3.80. The van der Waals surface area contributed by atoms with Crippen molar-refractivity contribution in [3.63, 3.8) is 0 Å². The van der Waals surface area contributed by atoms with E-state index in [1.54, 1.807) is 6.07 Å². The molecule has 278 valence electrons. The third-order valence-corrected chi connectivity index (χ3v) is 13.5. The van der Waals surface area contributed by atoms with E-state index >= 15 is 8.78 Å². The van der Waals surface area contributed by atoms with Gasteiger partial charge in [0.1, 0.15) is 41.0 Å². The zero-order valence-corrected chi connectivity index (χ0v) is 31.0.